The lowest BCUT2D eigenvalue weighted by atomic mass is 9.92. The molecule has 0 saturated heterocycles. The van der Waals surface area contributed by atoms with E-state index in [9.17, 15) is 4.79 Å². The lowest BCUT2D eigenvalue weighted by molar-refractivity contribution is -0.127. The van der Waals surface area contributed by atoms with Crippen molar-refractivity contribution in [2.75, 3.05) is 0 Å². The molecule has 4 nitrogen and oxygen atoms in total. The fraction of sp³-hybridized carbons (Fsp3) is 0.182. The van der Waals surface area contributed by atoms with E-state index < -0.39 is 5.54 Å². The van der Waals surface area contributed by atoms with Crippen molar-refractivity contribution in [2.24, 2.45) is 5.73 Å². The molecule has 0 radical (unpaired) electrons. The summed E-state index contributed by atoms with van der Waals surface area (Å²) in [6.07, 6.45) is 1.77. The number of hydrazine groups is 1. The Morgan fingerprint density at radius 3 is 2.62 bits per heavy atom. The van der Waals surface area contributed by atoms with Crippen LogP contribution in [0.25, 0.3) is 0 Å². The van der Waals surface area contributed by atoms with Crippen LogP contribution in [0.2, 0.25) is 0 Å². The Morgan fingerprint density at radius 1 is 1.44 bits per heavy atom. The summed E-state index contributed by atoms with van der Waals surface area (Å²) in [6, 6.07) is 9.49. The smallest absolute Gasteiger partial charge is 0.245 e. The third-order valence-corrected chi connectivity index (χ3v) is 3.59. The number of carbonyl (C=O) groups excluding carboxylic acids is 1. The van der Waals surface area contributed by atoms with Crippen molar-refractivity contribution in [2.45, 2.75) is 12.5 Å². The van der Waals surface area contributed by atoms with E-state index in [0.29, 0.717) is 0 Å². The maximum atomic E-state index is 11.7. The second-order valence-electron chi connectivity index (χ2n) is 3.63. The van der Waals surface area contributed by atoms with Gasteiger partial charge in [0.2, 0.25) is 5.91 Å². The van der Waals surface area contributed by atoms with Crippen molar-refractivity contribution < 1.29 is 4.79 Å². The topological polar surface area (TPSA) is 58.4 Å². The molecule has 2 rings (SSSR count). The monoisotopic (exact) mass is 235 g/mol. The number of nitrogens with two attached hydrogens (primary N) is 1. The number of rotatable bonds is 3. The molecule has 1 atom stereocenters. The number of primary amides is 1. The molecule has 1 aliphatic rings. The van der Waals surface area contributed by atoms with Gasteiger partial charge in [-0.15, -0.1) is 4.41 Å². The molecule has 1 aliphatic heterocycles. The third kappa shape index (κ3) is 1.68. The molecule has 0 saturated carbocycles. The van der Waals surface area contributed by atoms with Gasteiger partial charge in [-0.25, -0.2) is 0 Å². The van der Waals surface area contributed by atoms with Crippen molar-refractivity contribution in [3.8, 4) is 0 Å². The first-order valence-corrected chi connectivity index (χ1v) is 5.73. The van der Waals surface area contributed by atoms with Gasteiger partial charge in [-0.1, -0.05) is 30.3 Å². The molecule has 0 fully saturated rings. The molecule has 0 aliphatic carbocycles. The molecule has 1 unspecified atom stereocenters. The van der Waals surface area contributed by atoms with Gasteiger partial charge in [0, 0.05) is 11.6 Å². The van der Waals surface area contributed by atoms with Crippen molar-refractivity contribution in [3.63, 3.8) is 0 Å². The van der Waals surface area contributed by atoms with E-state index in [-0.39, 0.29) is 5.91 Å². The summed E-state index contributed by atoms with van der Waals surface area (Å²) in [4.78, 5) is 11.7. The number of nitrogens with zero attached hydrogens (tertiary/aromatic N) is 1. The molecule has 0 spiro atoms. The predicted molar refractivity (Wildman–Crippen MR) is 64.7 cm³/mol. The van der Waals surface area contributed by atoms with Gasteiger partial charge in [0.1, 0.15) is 0 Å². The first-order valence-electron chi connectivity index (χ1n) is 4.89. The summed E-state index contributed by atoms with van der Waals surface area (Å²) in [5.74, 6) is -0.387. The molecule has 1 heterocycles. The van der Waals surface area contributed by atoms with Gasteiger partial charge in [0.15, 0.2) is 5.54 Å². The molecule has 1 aromatic carbocycles. The fourth-order valence-corrected chi connectivity index (χ4v) is 2.35. The van der Waals surface area contributed by atoms with Gasteiger partial charge in [-0.05, 0) is 24.4 Å². The Labute approximate surface area is 98.6 Å². The normalized spacial score (nSPS) is 19.1. The van der Waals surface area contributed by atoms with Gasteiger partial charge in [0.25, 0.3) is 0 Å². The quantitative estimate of drug-likeness (QED) is 0.776. The highest BCUT2D eigenvalue weighted by molar-refractivity contribution is 8.00. The average Bonchev–Trinajstić information content (AvgIpc) is 2.82. The van der Waals surface area contributed by atoms with Crippen molar-refractivity contribution in [1.82, 2.24) is 9.84 Å². The van der Waals surface area contributed by atoms with Crippen LogP contribution in [0.15, 0.2) is 41.9 Å². The molecule has 0 bridgehead atoms. The highest BCUT2D eigenvalue weighted by Gasteiger charge is 2.41. The summed E-state index contributed by atoms with van der Waals surface area (Å²) in [5, 5.41) is 1.87. The Bertz CT molecular complexity index is 412. The van der Waals surface area contributed by atoms with Crippen molar-refractivity contribution >= 4 is 17.9 Å². The number of carbonyl (C=O) groups is 1. The predicted octanol–water partition coefficient (Wildman–Crippen LogP) is 1.33. The maximum Gasteiger partial charge on any atom is 0.245 e. The lowest BCUT2D eigenvalue weighted by Crippen LogP contribution is -2.52. The van der Waals surface area contributed by atoms with Crippen LogP contribution >= 0.6 is 11.9 Å². The summed E-state index contributed by atoms with van der Waals surface area (Å²) in [6.45, 7) is 1.80. The zero-order valence-corrected chi connectivity index (χ0v) is 9.70. The number of hydrogen-bond acceptors (Lipinski definition) is 4. The van der Waals surface area contributed by atoms with Gasteiger partial charge in [0.05, 0.1) is 0 Å². The maximum absolute atomic E-state index is 11.7. The van der Waals surface area contributed by atoms with Crippen molar-refractivity contribution in [3.05, 3.63) is 47.5 Å². The minimum absolute atomic E-state index is 0.387. The largest absolute Gasteiger partial charge is 0.368 e. The van der Waals surface area contributed by atoms with Gasteiger partial charge < -0.3 is 11.2 Å². The van der Waals surface area contributed by atoms with E-state index in [4.69, 9.17) is 5.73 Å². The number of benzene rings is 1. The van der Waals surface area contributed by atoms with Crippen LogP contribution in [0.5, 0.6) is 0 Å². The second-order valence-corrected chi connectivity index (χ2v) is 4.48. The van der Waals surface area contributed by atoms with Crippen molar-refractivity contribution in [1.29, 1.82) is 0 Å². The second kappa shape index (κ2) is 4.19. The molecule has 1 aromatic rings. The van der Waals surface area contributed by atoms with E-state index in [1.807, 2.05) is 35.7 Å². The molecular formula is C11H13N3OS. The van der Waals surface area contributed by atoms with Crippen LogP contribution in [-0.4, -0.2) is 10.3 Å². The van der Waals surface area contributed by atoms with Crippen LogP contribution in [0.1, 0.15) is 12.5 Å². The van der Waals surface area contributed by atoms with E-state index >= 15 is 0 Å². The minimum atomic E-state index is -0.866. The SMILES string of the molecule is CC(C(N)=O)(c1ccccc1)N1NC=CS1. The van der Waals surface area contributed by atoms with Gasteiger partial charge in [-0.2, -0.15) is 0 Å². The molecule has 84 valence electrons. The molecule has 5 heteroatoms. The Kier molecular flexibility index (Phi) is 2.89. The van der Waals surface area contributed by atoms with Gasteiger partial charge >= 0.3 is 0 Å². The number of hydrogen-bond donors (Lipinski definition) is 2. The zero-order valence-electron chi connectivity index (χ0n) is 8.88. The Hall–Kier alpha value is -1.46. The number of amides is 1. The average molecular weight is 235 g/mol. The molecule has 16 heavy (non-hydrogen) atoms. The first kappa shape index (κ1) is 11.0. The molecule has 0 aromatic heterocycles. The van der Waals surface area contributed by atoms with Crippen LogP contribution in [0.3, 0.4) is 0 Å². The Morgan fingerprint density at radius 2 is 2.12 bits per heavy atom. The highest BCUT2D eigenvalue weighted by Crippen LogP contribution is 2.34. The van der Waals surface area contributed by atoms with Gasteiger partial charge in [-0.3, -0.25) is 4.79 Å². The lowest BCUT2D eigenvalue weighted by Gasteiger charge is -2.34. The summed E-state index contributed by atoms with van der Waals surface area (Å²) in [7, 11) is 0. The highest BCUT2D eigenvalue weighted by atomic mass is 32.2. The first-order chi connectivity index (χ1) is 7.65. The molecule has 3 N–H and O–H groups in total. The summed E-state index contributed by atoms with van der Waals surface area (Å²) < 4.78 is 1.74. The van der Waals surface area contributed by atoms with Crippen LogP contribution in [0, 0.1) is 0 Å². The minimum Gasteiger partial charge on any atom is -0.368 e. The summed E-state index contributed by atoms with van der Waals surface area (Å²) in [5.41, 5.74) is 8.51. The molecule has 1 amide bonds. The van der Waals surface area contributed by atoms with E-state index in [0.717, 1.165) is 5.56 Å². The number of nitrogens with one attached hydrogen (secondary N) is 1. The van der Waals surface area contributed by atoms with E-state index in [1.54, 1.807) is 17.5 Å². The molecular weight excluding hydrogens is 222 g/mol. The Balaban J connectivity index is 2.39. The fourth-order valence-electron chi connectivity index (χ4n) is 1.58. The summed E-state index contributed by atoms with van der Waals surface area (Å²) >= 11 is 1.41. The standard InChI is InChI=1S/C11H13N3OS/c1-11(10(12)15,14-13-7-8-16-14)9-5-3-2-4-6-9/h2-8,13H,1H3,(H2,12,15). The van der Waals surface area contributed by atoms with Crippen LogP contribution in [-0.2, 0) is 10.3 Å². The van der Waals surface area contributed by atoms with Crippen LogP contribution < -0.4 is 11.2 Å². The third-order valence-electron chi connectivity index (χ3n) is 2.65. The van der Waals surface area contributed by atoms with E-state index in [2.05, 4.69) is 5.43 Å². The van der Waals surface area contributed by atoms with E-state index in [1.165, 1.54) is 11.9 Å². The zero-order chi connectivity index (χ0) is 11.6. The van der Waals surface area contributed by atoms with Crippen LogP contribution in [0.4, 0.5) is 0 Å².